The van der Waals surface area contributed by atoms with E-state index in [1.165, 1.54) is 42.6 Å². The van der Waals surface area contributed by atoms with Gasteiger partial charge in [-0.3, -0.25) is 14.9 Å². The normalized spacial score (nSPS) is 11.3. The third-order valence-electron chi connectivity index (χ3n) is 4.12. The van der Waals surface area contributed by atoms with Crippen molar-refractivity contribution >= 4 is 27.9 Å². The van der Waals surface area contributed by atoms with Crippen molar-refractivity contribution in [2.45, 2.75) is 11.8 Å². The molecule has 158 valence electrons. The highest BCUT2D eigenvalue weighted by Gasteiger charge is 2.18. The van der Waals surface area contributed by atoms with E-state index in [2.05, 4.69) is 10.5 Å². The third kappa shape index (κ3) is 5.52. The number of nitrogens with one attached hydrogen (secondary N) is 1. The number of rotatable bonds is 7. The van der Waals surface area contributed by atoms with Gasteiger partial charge in [0.15, 0.2) is 5.75 Å². The van der Waals surface area contributed by atoms with Gasteiger partial charge in [0.1, 0.15) is 4.90 Å². The molecular formula is C21H17N3O6S. The van der Waals surface area contributed by atoms with Crippen molar-refractivity contribution in [2.24, 2.45) is 5.10 Å². The highest BCUT2D eigenvalue weighted by atomic mass is 32.2. The molecule has 0 saturated carbocycles. The first kappa shape index (κ1) is 21.7. The Kier molecular flexibility index (Phi) is 6.41. The van der Waals surface area contributed by atoms with Crippen molar-refractivity contribution in [3.8, 4) is 5.75 Å². The van der Waals surface area contributed by atoms with Gasteiger partial charge in [-0.05, 0) is 37.3 Å². The molecule has 1 amide bonds. The molecule has 0 aromatic heterocycles. The van der Waals surface area contributed by atoms with Crippen LogP contribution in [0.5, 0.6) is 5.75 Å². The van der Waals surface area contributed by atoms with E-state index in [0.29, 0.717) is 5.56 Å². The monoisotopic (exact) mass is 439 g/mol. The first-order chi connectivity index (χ1) is 14.8. The molecule has 0 aliphatic heterocycles. The summed E-state index contributed by atoms with van der Waals surface area (Å²) in [5, 5.41) is 14.6. The number of nitro benzene ring substituents is 1. The maximum Gasteiger partial charge on any atom is 0.339 e. The number of hydrogen-bond acceptors (Lipinski definition) is 7. The molecule has 3 aromatic rings. The van der Waals surface area contributed by atoms with Gasteiger partial charge in [-0.1, -0.05) is 35.9 Å². The smallest absolute Gasteiger partial charge is 0.339 e. The van der Waals surface area contributed by atoms with Crippen LogP contribution in [0.4, 0.5) is 5.69 Å². The van der Waals surface area contributed by atoms with Crippen LogP contribution in [-0.2, 0) is 10.1 Å². The zero-order valence-electron chi connectivity index (χ0n) is 16.3. The van der Waals surface area contributed by atoms with Crippen molar-refractivity contribution in [3.63, 3.8) is 0 Å². The fourth-order valence-corrected chi connectivity index (χ4v) is 3.47. The second-order valence-electron chi connectivity index (χ2n) is 6.39. The lowest BCUT2D eigenvalue weighted by molar-refractivity contribution is -0.384. The molecule has 9 nitrogen and oxygen atoms in total. The van der Waals surface area contributed by atoms with Crippen LogP contribution in [0.1, 0.15) is 21.5 Å². The van der Waals surface area contributed by atoms with Crippen molar-refractivity contribution < 1.29 is 22.3 Å². The van der Waals surface area contributed by atoms with Gasteiger partial charge >= 0.3 is 10.1 Å². The number of hydrazone groups is 1. The third-order valence-corrected chi connectivity index (χ3v) is 5.37. The summed E-state index contributed by atoms with van der Waals surface area (Å²) >= 11 is 0. The lowest BCUT2D eigenvalue weighted by Gasteiger charge is -2.09. The minimum absolute atomic E-state index is 0.00353. The number of nitrogens with zero attached hydrogens (tertiary/aromatic N) is 2. The van der Waals surface area contributed by atoms with Gasteiger partial charge in [-0.25, -0.2) is 5.43 Å². The average molecular weight is 439 g/mol. The van der Waals surface area contributed by atoms with E-state index in [-0.39, 0.29) is 21.9 Å². The van der Waals surface area contributed by atoms with Crippen LogP contribution < -0.4 is 9.61 Å². The van der Waals surface area contributed by atoms with Gasteiger partial charge in [0, 0.05) is 23.3 Å². The Hall–Kier alpha value is -4.05. The number of carbonyl (C=O) groups excluding carboxylic acids is 1. The molecule has 1 N–H and O–H groups in total. The molecule has 0 fully saturated rings. The van der Waals surface area contributed by atoms with Gasteiger partial charge < -0.3 is 4.18 Å². The molecule has 0 saturated heterocycles. The fourth-order valence-electron chi connectivity index (χ4n) is 2.52. The molecular weight excluding hydrogens is 422 g/mol. The fraction of sp³-hybridized carbons (Fsp3) is 0.0476. The van der Waals surface area contributed by atoms with Gasteiger partial charge in [0.2, 0.25) is 0 Å². The summed E-state index contributed by atoms with van der Waals surface area (Å²) in [7, 11) is -4.06. The van der Waals surface area contributed by atoms with Crippen LogP contribution in [0, 0.1) is 17.0 Å². The summed E-state index contributed by atoms with van der Waals surface area (Å²) in [6, 6.07) is 17.6. The SMILES string of the molecule is Cc1ccc(S(=O)(=O)Oc2ccccc2/C=N/NC(=O)c2cccc([N+](=O)[O-])c2)cc1. The summed E-state index contributed by atoms with van der Waals surface area (Å²) in [6.45, 7) is 1.84. The summed E-state index contributed by atoms with van der Waals surface area (Å²) in [5.41, 5.74) is 3.28. The zero-order valence-corrected chi connectivity index (χ0v) is 17.1. The van der Waals surface area contributed by atoms with Gasteiger partial charge in [-0.2, -0.15) is 13.5 Å². The molecule has 3 aromatic carbocycles. The summed E-state index contributed by atoms with van der Waals surface area (Å²) in [5.74, 6) is -0.637. The van der Waals surface area contributed by atoms with Gasteiger partial charge in [0.25, 0.3) is 11.6 Å². The number of amides is 1. The van der Waals surface area contributed by atoms with E-state index >= 15 is 0 Å². The van der Waals surface area contributed by atoms with Crippen LogP contribution >= 0.6 is 0 Å². The number of nitro groups is 1. The predicted octanol–water partition coefficient (Wildman–Crippen LogP) is 3.43. The number of aryl methyl sites for hydroxylation is 1. The van der Waals surface area contributed by atoms with E-state index in [4.69, 9.17) is 4.18 Å². The van der Waals surface area contributed by atoms with Crippen molar-refractivity contribution in [3.05, 3.63) is 99.6 Å². The summed E-state index contributed by atoms with van der Waals surface area (Å²) in [4.78, 5) is 22.4. The zero-order chi connectivity index (χ0) is 22.4. The van der Waals surface area contributed by atoms with Gasteiger partial charge in [0.05, 0.1) is 11.1 Å². The largest absolute Gasteiger partial charge is 0.378 e. The van der Waals surface area contributed by atoms with E-state index in [1.54, 1.807) is 30.3 Å². The maximum absolute atomic E-state index is 12.5. The van der Waals surface area contributed by atoms with Crippen LogP contribution in [0.2, 0.25) is 0 Å². The van der Waals surface area contributed by atoms with E-state index < -0.39 is 20.9 Å². The number of hydrogen-bond donors (Lipinski definition) is 1. The Morgan fingerprint density at radius 3 is 2.48 bits per heavy atom. The van der Waals surface area contributed by atoms with Crippen LogP contribution in [0.15, 0.2) is 82.8 Å². The number of para-hydroxylation sites is 1. The number of benzene rings is 3. The summed E-state index contributed by atoms with van der Waals surface area (Å²) in [6.07, 6.45) is 1.22. The molecule has 0 aliphatic carbocycles. The average Bonchev–Trinajstić information content (AvgIpc) is 2.75. The predicted molar refractivity (Wildman–Crippen MR) is 114 cm³/mol. The highest BCUT2D eigenvalue weighted by Crippen LogP contribution is 2.22. The highest BCUT2D eigenvalue weighted by molar-refractivity contribution is 7.87. The Labute approximate surface area is 178 Å². The lowest BCUT2D eigenvalue weighted by Crippen LogP contribution is -2.18. The Morgan fingerprint density at radius 1 is 1.06 bits per heavy atom. The Balaban J connectivity index is 1.75. The maximum atomic E-state index is 12.5. The standard InChI is InChI=1S/C21H17N3O6S/c1-15-9-11-19(12-10-15)31(28,29)30-20-8-3-2-5-17(20)14-22-23-21(25)16-6-4-7-18(13-16)24(26)27/h2-14H,1H3,(H,23,25)/b22-14+. The number of carbonyl (C=O) groups is 1. The molecule has 10 heteroatoms. The molecule has 0 bridgehead atoms. The quantitative estimate of drug-likeness (QED) is 0.260. The molecule has 0 atom stereocenters. The lowest BCUT2D eigenvalue weighted by atomic mass is 10.2. The summed E-state index contributed by atoms with van der Waals surface area (Å²) < 4.78 is 30.3. The minimum atomic E-state index is -4.06. The molecule has 0 radical (unpaired) electrons. The molecule has 0 spiro atoms. The molecule has 0 unspecified atom stereocenters. The van der Waals surface area contributed by atoms with Gasteiger partial charge in [-0.15, -0.1) is 0 Å². The van der Waals surface area contributed by atoms with E-state index in [1.807, 2.05) is 6.92 Å². The second-order valence-corrected chi connectivity index (χ2v) is 7.94. The van der Waals surface area contributed by atoms with Crippen molar-refractivity contribution in [1.82, 2.24) is 5.43 Å². The molecule has 31 heavy (non-hydrogen) atoms. The topological polar surface area (TPSA) is 128 Å². The minimum Gasteiger partial charge on any atom is -0.378 e. The number of non-ortho nitro benzene ring substituents is 1. The van der Waals surface area contributed by atoms with Crippen LogP contribution in [0.25, 0.3) is 0 Å². The Bertz CT molecular complexity index is 1250. The first-order valence-corrected chi connectivity index (χ1v) is 10.3. The van der Waals surface area contributed by atoms with E-state index in [0.717, 1.165) is 11.6 Å². The Morgan fingerprint density at radius 2 is 1.77 bits per heavy atom. The van der Waals surface area contributed by atoms with Crippen LogP contribution in [0.3, 0.4) is 0 Å². The molecule has 0 heterocycles. The van der Waals surface area contributed by atoms with Crippen molar-refractivity contribution in [2.75, 3.05) is 0 Å². The van der Waals surface area contributed by atoms with Crippen molar-refractivity contribution in [1.29, 1.82) is 0 Å². The molecule has 0 aliphatic rings. The van der Waals surface area contributed by atoms with E-state index in [9.17, 15) is 23.3 Å². The molecule has 3 rings (SSSR count). The first-order valence-electron chi connectivity index (χ1n) is 8.94. The second kappa shape index (κ2) is 9.18. The van der Waals surface area contributed by atoms with Crippen LogP contribution in [-0.4, -0.2) is 25.5 Å².